The molecule has 0 atom stereocenters. The van der Waals surface area contributed by atoms with Gasteiger partial charge in [-0.25, -0.2) is 4.98 Å². The zero-order valence-corrected chi connectivity index (χ0v) is 13.9. The molecule has 7 nitrogen and oxygen atoms in total. The number of carbonyl (C=O) groups is 1. The zero-order valence-electron chi connectivity index (χ0n) is 13.1. The van der Waals surface area contributed by atoms with Crippen molar-refractivity contribution in [1.29, 1.82) is 0 Å². The summed E-state index contributed by atoms with van der Waals surface area (Å²) in [5.41, 5.74) is 0.621. The topological polar surface area (TPSA) is 92.7 Å². The van der Waals surface area contributed by atoms with Crippen molar-refractivity contribution < 1.29 is 4.79 Å². The van der Waals surface area contributed by atoms with E-state index in [1.807, 2.05) is 20.8 Å². The number of hydrogen-bond acceptors (Lipinski definition) is 5. The quantitative estimate of drug-likeness (QED) is 0.769. The number of nitrogens with zero attached hydrogens (tertiary/aromatic N) is 3. The Morgan fingerprint density at radius 1 is 1.43 bits per heavy atom. The molecule has 0 radical (unpaired) electrons. The number of anilines is 1. The van der Waals surface area contributed by atoms with E-state index in [-0.39, 0.29) is 23.4 Å². The summed E-state index contributed by atoms with van der Waals surface area (Å²) in [4.78, 5) is 29.2. The molecular weight excluding hydrogens is 314 g/mol. The van der Waals surface area contributed by atoms with E-state index in [9.17, 15) is 9.59 Å². The first-order chi connectivity index (χ1) is 10.8. The van der Waals surface area contributed by atoms with Crippen molar-refractivity contribution in [3.05, 3.63) is 39.9 Å². The Bertz CT molecular complexity index is 916. The Balaban J connectivity index is 1.75. The molecule has 0 aliphatic rings. The van der Waals surface area contributed by atoms with Gasteiger partial charge in [0.05, 0.1) is 11.7 Å². The van der Waals surface area contributed by atoms with Crippen molar-refractivity contribution in [3.63, 3.8) is 0 Å². The monoisotopic (exact) mass is 331 g/mol. The maximum Gasteiger partial charge on any atom is 0.262 e. The van der Waals surface area contributed by atoms with Crippen LogP contribution in [0.15, 0.2) is 28.6 Å². The molecule has 0 unspecified atom stereocenters. The van der Waals surface area contributed by atoms with Gasteiger partial charge in [0.15, 0.2) is 5.82 Å². The van der Waals surface area contributed by atoms with Gasteiger partial charge in [0.25, 0.3) is 5.56 Å². The predicted octanol–water partition coefficient (Wildman–Crippen LogP) is 2.12. The van der Waals surface area contributed by atoms with E-state index in [4.69, 9.17) is 0 Å². The molecule has 2 N–H and O–H groups in total. The van der Waals surface area contributed by atoms with Crippen LogP contribution >= 0.6 is 11.3 Å². The van der Waals surface area contributed by atoms with Gasteiger partial charge in [-0.2, -0.15) is 5.10 Å². The second-order valence-electron chi connectivity index (χ2n) is 6.28. The zero-order chi connectivity index (χ0) is 16.6. The molecule has 0 aliphatic heterocycles. The SMILES string of the molecule is CC(C)(C)c1cc(NC(=O)Cn2cnc3sccc3c2=O)n[nH]1. The van der Waals surface area contributed by atoms with E-state index >= 15 is 0 Å². The highest BCUT2D eigenvalue weighted by atomic mass is 32.1. The van der Waals surface area contributed by atoms with Crippen LogP contribution in [0.3, 0.4) is 0 Å². The van der Waals surface area contributed by atoms with Crippen LogP contribution in [0.1, 0.15) is 26.5 Å². The molecule has 0 aromatic carbocycles. The normalized spacial score (nSPS) is 11.8. The highest BCUT2D eigenvalue weighted by Crippen LogP contribution is 2.21. The van der Waals surface area contributed by atoms with Gasteiger partial charge in [-0.15, -0.1) is 11.3 Å². The van der Waals surface area contributed by atoms with Crippen molar-refractivity contribution in [2.45, 2.75) is 32.7 Å². The predicted molar refractivity (Wildman–Crippen MR) is 89.8 cm³/mol. The summed E-state index contributed by atoms with van der Waals surface area (Å²) >= 11 is 1.40. The molecule has 23 heavy (non-hydrogen) atoms. The number of rotatable bonds is 3. The number of fused-ring (bicyclic) bond motifs is 1. The van der Waals surface area contributed by atoms with Crippen molar-refractivity contribution in [1.82, 2.24) is 19.7 Å². The van der Waals surface area contributed by atoms with Crippen LogP contribution in [0.25, 0.3) is 10.2 Å². The fraction of sp³-hybridized carbons (Fsp3) is 0.333. The number of H-pyrrole nitrogens is 1. The fourth-order valence-electron chi connectivity index (χ4n) is 2.11. The second-order valence-corrected chi connectivity index (χ2v) is 7.18. The lowest BCUT2D eigenvalue weighted by Crippen LogP contribution is -2.27. The van der Waals surface area contributed by atoms with Gasteiger partial charge in [-0.05, 0) is 11.4 Å². The summed E-state index contributed by atoms with van der Waals surface area (Å²) in [5.74, 6) is 0.119. The number of aromatic nitrogens is 4. The first kappa shape index (κ1) is 15.4. The van der Waals surface area contributed by atoms with E-state index in [1.54, 1.807) is 17.5 Å². The summed E-state index contributed by atoms with van der Waals surface area (Å²) in [6, 6.07) is 3.51. The van der Waals surface area contributed by atoms with E-state index < -0.39 is 0 Å². The highest BCUT2D eigenvalue weighted by molar-refractivity contribution is 7.16. The lowest BCUT2D eigenvalue weighted by atomic mass is 9.92. The van der Waals surface area contributed by atoms with Gasteiger partial charge < -0.3 is 5.32 Å². The summed E-state index contributed by atoms with van der Waals surface area (Å²) in [6.45, 7) is 6.05. The molecule has 8 heteroatoms. The molecular formula is C15H17N5O2S. The van der Waals surface area contributed by atoms with Gasteiger partial charge in [0.2, 0.25) is 5.91 Å². The Morgan fingerprint density at radius 2 is 2.22 bits per heavy atom. The number of thiophene rings is 1. The van der Waals surface area contributed by atoms with Crippen LogP contribution in [0.2, 0.25) is 0 Å². The van der Waals surface area contributed by atoms with E-state index in [1.165, 1.54) is 22.2 Å². The second kappa shape index (κ2) is 5.62. The van der Waals surface area contributed by atoms with Gasteiger partial charge in [0, 0.05) is 17.2 Å². The largest absolute Gasteiger partial charge is 0.308 e. The molecule has 0 spiro atoms. The van der Waals surface area contributed by atoms with Crippen LogP contribution in [0, 0.1) is 0 Å². The van der Waals surface area contributed by atoms with Crippen LogP contribution in [0.5, 0.6) is 0 Å². The van der Waals surface area contributed by atoms with Crippen molar-refractivity contribution >= 4 is 33.3 Å². The smallest absolute Gasteiger partial charge is 0.262 e. The summed E-state index contributed by atoms with van der Waals surface area (Å²) in [5, 5.41) is 12.0. The number of amides is 1. The van der Waals surface area contributed by atoms with Gasteiger partial charge >= 0.3 is 0 Å². The van der Waals surface area contributed by atoms with Crippen LogP contribution in [-0.4, -0.2) is 25.7 Å². The minimum Gasteiger partial charge on any atom is -0.308 e. The number of aromatic amines is 1. The summed E-state index contributed by atoms with van der Waals surface area (Å²) in [6.07, 6.45) is 1.39. The molecule has 0 saturated carbocycles. The lowest BCUT2D eigenvalue weighted by Gasteiger charge is -2.14. The van der Waals surface area contributed by atoms with Crippen molar-refractivity contribution in [3.8, 4) is 0 Å². The average Bonchev–Trinajstić information content (AvgIpc) is 3.10. The van der Waals surface area contributed by atoms with Crippen LogP contribution in [0.4, 0.5) is 5.82 Å². The maximum atomic E-state index is 12.2. The van der Waals surface area contributed by atoms with Gasteiger partial charge in [-0.1, -0.05) is 20.8 Å². The Kier molecular flexibility index (Phi) is 3.77. The molecule has 0 saturated heterocycles. The first-order valence-corrected chi connectivity index (χ1v) is 8.01. The Labute approximate surface area is 136 Å². The minimum absolute atomic E-state index is 0.0825. The molecule has 0 bridgehead atoms. The number of hydrogen-bond donors (Lipinski definition) is 2. The van der Waals surface area contributed by atoms with Gasteiger partial charge in [-0.3, -0.25) is 19.3 Å². The third-order valence-corrected chi connectivity index (χ3v) is 4.24. The molecule has 3 rings (SSSR count). The molecule has 3 aromatic heterocycles. The van der Waals surface area contributed by atoms with Gasteiger partial charge in [0.1, 0.15) is 11.4 Å². The Hall–Kier alpha value is -2.48. The van der Waals surface area contributed by atoms with E-state index in [0.29, 0.717) is 16.0 Å². The van der Waals surface area contributed by atoms with Crippen LogP contribution < -0.4 is 10.9 Å². The fourth-order valence-corrected chi connectivity index (χ4v) is 2.84. The molecule has 1 amide bonds. The number of nitrogens with one attached hydrogen (secondary N) is 2. The third kappa shape index (κ3) is 3.16. The maximum absolute atomic E-state index is 12.2. The standard InChI is InChI=1S/C15H17N5O2S/c1-15(2,3)10-6-11(19-18-10)17-12(21)7-20-8-16-13-9(14(20)22)4-5-23-13/h4-6,8H,7H2,1-3H3,(H2,17,18,19,21). The van der Waals surface area contributed by atoms with E-state index in [2.05, 4.69) is 20.5 Å². The average molecular weight is 331 g/mol. The lowest BCUT2D eigenvalue weighted by molar-refractivity contribution is -0.116. The molecule has 0 aliphatic carbocycles. The first-order valence-electron chi connectivity index (χ1n) is 7.13. The third-order valence-electron chi connectivity index (χ3n) is 3.42. The minimum atomic E-state index is -0.324. The van der Waals surface area contributed by atoms with E-state index in [0.717, 1.165) is 5.69 Å². The van der Waals surface area contributed by atoms with Crippen molar-refractivity contribution in [2.24, 2.45) is 0 Å². The Morgan fingerprint density at radius 3 is 2.91 bits per heavy atom. The highest BCUT2D eigenvalue weighted by Gasteiger charge is 2.17. The molecule has 3 heterocycles. The summed E-state index contributed by atoms with van der Waals surface area (Å²) in [7, 11) is 0. The van der Waals surface area contributed by atoms with Crippen molar-refractivity contribution in [2.75, 3.05) is 5.32 Å². The molecule has 3 aromatic rings. The molecule has 120 valence electrons. The summed E-state index contributed by atoms with van der Waals surface area (Å²) < 4.78 is 1.29. The van der Waals surface area contributed by atoms with Crippen LogP contribution in [-0.2, 0) is 16.8 Å². The molecule has 0 fully saturated rings. The number of carbonyl (C=O) groups excluding carboxylic acids is 1.